The lowest BCUT2D eigenvalue weighted by Gasteiger charge is -2.21. The maximum atomic E-state index is 10.9. The van der Waals surface area contributed by atoms with Gasteiger partial charge >= 0.3 is 0 Å². The zero-order valence-electron chi connectivity index (χ0n) is 8.71. The highest BCUT2D eigenvalue weighted by molar-refractivity contribution is 5.88. The third-order valence-electron chi connectivity index (χ3n) is 2.24. The molecule has 1 heterocycles. The molecule has 0 aromatic rings. The van der Waals surface area contributed by atoms with E-state index >= 15 is 0 Å². The van der Waals surface area contributed by atoms with E-state index in [0.29, 0.717) is 0 Å². The predicted octanol–water partition coefficient (Wildman–Crippen LogP) is 0.315. The number of carbonyl (C=O) groups excluding carboxylic acids is 1. The maximum absolute atomic E-state index is 10.9. The van der Waals surface area contributed by atoms with Crippen LogP contribution in [0.4, 0.5) is 0 Å². The van der Waals surface area contributed by atoms with Crippen molar-refractivity contribution in [1.82, 2.24) is 10.6 Å². The first kappa shape index (κ1) is 10.8. The van der Waals surface area contributed by atoms with E-state index in [-0.39, 0.29) is 17.9 Å². The molecule has 0 aromatic carbocycles. The van der Waals surface area contributed by atoms with Crippen molar-refractivity contribution in [3.05, 3.63) is 12.7 Å². The van der Waals surface area contributed by atoms with Crippen LogP contribution in [0.5, 0.6) is 0 Å². The maximum Gasteiger partial charge on any atom is 0.217 e. The van der Waals surface area contributed by atoms with Crippen molar-refractivity contribution in [3.63, 3.8) is 0 Å². The van der Waals surface area contributed by atoms with Gasteiger partial charge in [-0.25, -0.2) is 0 Å². The summed E-state index contributed by atoms with van der Waals surface area (Å²) in [5.74, 6) is 0.991. The van der Waals surface area contributed by atoms with Crippen LogP contribution in [0, 0.1) is 5.92 Å². The lowest BCUT2D eigenvalue weighted by Crippen LogP contribution is -2.42. The molecule has 1 rings (SSSR count). The van der Waals surface area contributed by atoms with Gasteiger partial charge in [0.05, 0.1) is 12.5 Å². The topological polar surface area (TPSA) is 53.5 Å². The number of hydrogen-bond acceptors (Lipinski definition) is 3. The number of aliphatic imine (C=N–C) groups is 1. The second-order valence-electron chi connectivity index (χ2n) is 3.44. The Morgan fingerprint density at radius 2 is 2.50 bits per heavy atom. The molecule has 0 saturated heterocycles. The summed E-state index contributed by atoms with van der Waals surface area (Å²) in [5.41, 5.74) is 0. The average molecular weight is 195 g/mol. The third kappa shape index (κ3) is 2.58. The Morgan fingerprint density at radius 1 is 1.79 bits per heavy atom. The van der Waals surface area contributed by atoms with Crippen LogP contribution in [-0.4, -0.2) is 30.9 Å². The van der Waals surface area contributed by atoms with Crippen molar-refractivity contribution >= 4 is 11.7 Å². The number of amides is 1. The number of rotatable bonds is 4. The molecule has 4 nitrogen and oxygen atoms in total. The minimum Gasteiger partial charge on any atom is -0.371 e. The Labute approximate surface area is 84.5 Å². The summed E-state index contributed by atoms with van der Waals surface area (Å²) >= 11 is 0. The molecule has 1 aliphatic rings. The zero-order valence-corrected chi connectivity index (χ0v) is 8.71. The van der Waals surface area contributed by atoms with Crippen LogP contribution in [0.2, 0.25) is 0 Å². The number of carbonyl (C=O) groups is 1. The molecule has 0 spiro atoms. The van der Waals surface area contributed by atoms with Crippen LogP contribution in [0.1, 0.15) is 13.8 Å². The minimum atomic E-state index is -0.0250. The Hall–Kier alpha value is -1.32. The van der Waals surface area contributed by atoms with Crippen LogP contribution in [0.25, 0.3) is 0 Å². The van der Waals surface area contributed by atoms with E-state index in [0.717, 1.165) is 18.9 Å². The fourth-order valence-corrected chi connectivity index (χ4v) is 1.60. The average Bonchev–Trinajstić information content (AvgIpc) is 2.57. The smallest absolute Gasteiger partial charge is 0.217 e. The second kappa shape index (κ2) is 4.79. The molecule has 1 aliphatic heterocycles. The van der Waals surface area contributed by atoms with Gasteiger partial charge in [0, 0.05) is 19.5 Å². The fourth-order valence-electron chi connectivity index (χ4n) is 1.60. The third-order valence-corrected chi connectivity index (χ3v) is 2.24. The molecule has 2 unspecified atom stereocenters. The van der Waals surface area contributed by atoms with Gasteiger partial charge in [-0.1, -0.05) is 6.08 Å². The SMILES string of the molecule is C=CC(C1=NCCN1)C(C)NC(C)=O. The van der Waals surface area contributed by atoms with Crippen LogP contribution in [0.3, 0.4) is 0 Å². The fraction of sp³-hybridized carbons (Fsp3) is 0.600. The molecular weight excluding hydrogens is 178 g/mol. The molecule has 2 N–H and O–H groups in total. The van der Waals surface area contributed by atoms with Gasteiger partial charge in [-0.05, 0) is 6.92 Å². The highest BCUT2D eigenvalue weighted by Gasteiger charge is 2.22. The van der Waals surface area contributed by atoms with Gasteiger partial charge in [0.15, 0.2) is 0 Å². The first-order valence-corrected chi connectivity index (χ1v) is 4.83. The summed E-state index contributed by atoms with van der Waals surface area (Å²) < 4.78 is 0. The summed E-state index contributed by atoms with van der Waals surface area (Å²) in [4.78, 5) is 15.2. The first-order chi connectivity index (χ1) is 6.65. The van der Waals surface area contributed by atoms with E-state index in [1.165, 1.54) is 6.92 Å². The molecule has 0 fully saturated rings. The minimum absolute atomic E-state index is 0.0250. The van der Waals surface area contributed by atoms with E-state index < -0.39 is 0 Å². The largest absolute Gasteiger partial charge is 0.371 e. The van der Waals surface area contributed by atoms with Gasteiger partial charge in [-0.2, -0.15) is 0 Å². The molecule has 0 bridgehead atoms. The zero-order chi connectivity index (χ0) is 10.6. The van der Waals surface area contributed by atoms with Gasteiger partial charge in [0.2, 0.25) is 5.91 Å². The van der Waals surface area contributed by atoms with Crippen molar-refractivity contribution in [2.75, 3.05) is 13.1 Å². The molecule has 78 valence electrons. The predicted molar refractivity (Wildman–Crippen MR) is 57.3 cm³/mol. The summed E-state index contributed by atoms with van der Waals surface area (Å²) in [6, 6.07) is 0.0364. The Kier molecular flexibility index (Phi) is 3.68. The van der Waals surface area contributed by atoms with Crippen LogP contribution < -0.4 is 10.6 Å². The number of hydrogen-bond donors (Lipinski definition) is 2. The van der Waals surface area contributed by atoms with Gasteiger partial charge < -0.3 is 10.6 Å². The second-order valence-corrected chi connectivity index (χ2v) is 3.44. The van der Waals surface area contributed by atoms with E-state index in [2.05, 4.69) is 22.2 Å². The summed E-state index contributed by atoms with van der Waals surface area (Å²) in [6.45, 7) is 8.92. The Morgan fingerprint density at radius 3 is 2.93 bits per heavy atom. The molecule has 1 amide bonds. The van der Waals surface area contributed by atoms with Crippen LogP contribution in [0.15, 0.2) is 17.6 Å². The van der Waals surface area contributed by atoms with Crippen molar-refractivity contribution in [1.29, 1.82) is 0 Å². The molecule has 4 heteroatoms. The number of nitrogens with one attached hydrogen (secondary N) is 2. The Balaban J connectivity index is 2.60. The Bertz CT molecular complexity index is 260. The molecule has 14 heavy (non-hydrogen) atoms. The van der Waals surface area contributed by atoms with Gasteiger partial charge in [0.1, 0.15) is 5.84 Å². The van der Waals surface area contributed by atoms with E-state index in [1.807, 2.05) is 13.0 Å². The van der Waals surface area contributed by atoms with Crippen molar-refractivity contribution in [3.8, 4) is 0 Å². The lowest BCUT2D eigenvalue weighted by molar-refractivity contribution is -0.119. The standard InChI is InChI=1S/C10H17N3O/c1-4-9(7(2)13-8(3)14)10-11-5-6-12-10/h4,7,9H,1,5-6H2,2-3H3,(H,11,12)(H,13,14). The molecular formula is C10H17N3O. The molecule has 0 radical (unpaired) electrons. The van der Waals surface area contributed by atoms with Crippen molar-refractivity contribution in [2.45, 2.75) is 19.9 Å². The van der Waals surface area contributed by atoms with E-state index in [1.54, 1.807) is 0 Å². The molecule has 2 atom stereocenters. The summed E-state index contributed by atoms with van der Waals surface area (Å²) in [6.07, 6.45) is 1.82. The number of nitrogens with zero attached hydrogens (tertiary/aromatic N) is 1. The van der Waals surface area contributed by atoms with E-state index in [9.17, 15) is 4.79 Å². The quantitative estimate of drug-likeness (QED) is 0.634. The first-order valence-electron chi connectivity index (χ1n) is 4.83. The van der Waals surface area contributed by atoms with Gasteiger partial charge in [-0.15, -0.1) is 6.58 Å². The van der Waals surface area contributed by atoms with Crippen LogP contribution in [-0.2, 0) is 4.79 Å². The van der Waals surface area contributed by atoms with Gasteiger partial charge in [0.25, 0.3) is 0 Å². The van der Waals surface area contributed by atoms with Crippen molar-refractivity contribution in [2.24, 2.45) is 10.9 Å². The van der Waals surface area contributed by atoms with Crippen molar-refractivity contribution < 1.29 is 4.79 Å². The summed E-state index contributed by atoms with van der Waals surface area (Å²) in [5, 5.41) is 6.03. The molecule has 0 aromatic heterocycles. The van der Waals surface area contributed by atoms with Crippen LogP contribution >= 0.6 is 0 Å². The molecule has 0 aliphatic carbocycles. The highest BCUT2D eigenvalue weighted by Crippen LogP contribution is 2.08. The highest BCUT2D eigenvalue weighted by atomic mass is 16.1. The monoisotopic (exact) mass is 195 g/mol. The van der Waals surface area contributed by atoms with E-state index in [4.69, 9.17) is 0 Å². The summed E-state index contributed by atoms with van der Waals surface area (Å²) in [7, 11) is 0. The molecule has 0 saturated carbocycles. The normalized spacial score (nSPS) is 19.1. The van der Waals surface area contributed by atoms with Gasteiger partial charge in [-0.3, -0.25) is 9.79 Å². The lowest BCUT2D eigenvalue weighted by atomic mass is 10.00. The number of amidine groups is 1.